The van der Waals surface area contributed by atoms with Crippen molar-refractivity contribution in [2.45, 2.75) is 13.3 Å². The Morgan fingerprint density at radius 3 is 3.07 bits per heavy atom. The van der Waals surface area contributed by atoms with Crippen LogP contribution in [0.15, 0.2) is 23.8 Å². The number of likely N-dealkylation sites (N-methyl/N-ethyl adjacent to an activating group) is 1. The van der Waals surface area contributed by atoms with E-state index in [0.29, 0.717) is 6.54 Å². The molecule has 0 spiro atoms. The van der Waals surface area contributed by atoms with Crippen molar-refractivity contribution < 1.29 is 4.79 Å². The summed E-state index contributed by atoms with van der Waals surface area (Å²) in [5.41, 5.74) is 1.33. The van der Waals surface area contributed by atoms with Gasteiger partial charge in [-0.3, -0.25) is 4.79 Å². The van der Waals surface area contributed by atoms with Crippen molar-refractivity contribution in [3.05, 3.63) is 23.8 Å². The predicted molar refractivity (Wildman–Crippen MR) is 58.0 cm³/mol. The molecule has 1 aliphatic heterocycles. The van der Waals surface area contributed by atoms with Crippen molar-refractivity contribution in [3.63, 3.8) is 0 Å². The number of allylic oxidation sites excluding steroid dienone is 1. The van der Waals surface area contributed by atoms with Gasteiger partial charge in [0.1, 0.15) is 0 Å². The molecule has 1 amide bonds. The second kappa shape index (κ2) is 5.60. The van der Waals surface area contributed by atoms with Gasteiger partial charge in [-0.05, 0) is 26.5 Å². The highest BCUT2D eigenvalue weighted by Crippen LogP contribution is 2.07. The summed E-state index contributed by atoms with van der Waals surface area (Å²) in [6, 6.07) is 0. The van der Waals surface area contributed by atoms with Gasteiger partial charge in [0.15, 0.2) is 0 Å². The van der Waals surface area contributed by atoms with Gasteiger partial charge >= 0.3 is 0 Å². The van der Waals surface area contributed by atoms with Gasteiger partial charge in [0, 0.05) is 19.6 Å². The maximum atomic E-state index is 11.1. The second-order valence-corrected chi connectivity index (χ2v) is 3.59. The number of carbonyl (C=O) groups is 1. The topological polar surface area (TPSA) is 32.3 Å². The minimum absolute atomic E-state index is 0.00710. The van der Waals surface area contributed by atoms with Crippen LogP contribution in [0.5, 0.6) is 0 Å². The normalized spacial score (nSPS) is 18.3. The zero-order chi connectivity index (χ0) is 10.4. The largest absolute Gasteiger partial charge is 0.349 e. The van der Waals surface area contributed by atoms with Gasteiger partial charge in [-0.25, -0.2) is 0 Å². The summed E-state index contributed by atoms with van der Waals surface area (Å²) in [5, 5.41) is 2.86. The molecule has 0 aromatic rings. The van der Waals surface area contributed by atoms with Crippen molar-refractivity contribution in [1.29, 1.82) is 0 Å². The molecule has 0 aromatic heterocycles. The smallest absolute Gasteiger partial charge is 0.243 e. The van der Waals surface area contributed by atoms with Gasteiger partial charge in [0.2, 0.25) is 5.91 Å². The SMILES string of the molecule is C/C=C/C(=O)NCC1=CCN(C)CC1. The van der Waals surface area contributed by atoms with Crippen LogP contribution in [-0.4, -0.2) is 37.5 Å². The highest BCUT2D eigenvalue weighted by atomic mass is 16.1. The summed E-state index contributed by atoms with van der Waals surface area (Å²) >= 11 is 0. The Morgan fingerprint density at radius 1 is 1.71 bits per heavy atom. The average molecular weight is 194 g/mol. The number of hydrogen-bond acceptors (Lipinski definition) is 2. The maximum Gasteiger partial charge on any atom is 0.243 e. The average Bonchev–Trinajstić information content (AvgIpc) is 2.17. The van der Waals surface area contributed by atoms with E-state index < -0.39 is 0 Å². The summed E-state index contributed by atoms with van der Waals surface area (Å²) in [7, 11) is 2.10. The van der Waals surface area contributed by atoms with Crippen molar-refractivity contribution in [2.75, 3.05) is 26.7 Å². The highest BCUT2D eigenvalue weighted by Gasteiger charge is 2.07. The molecule has 3 heteroatoms. The van der Waals surface area contributed by atoms with Crippen LogP contribution in [0, 0.1) is 0 Å². The third-order valence-corrected chi connectivity index (χ3v) is 2.31. The van der Waals surface area contributed by atoms with Crippen LogP contribution in [0.4, 0.5) is 0 Å². The Balaban J connectivity index is 2.28. The van der Waals surface area contributed by atoms with E-state index in [-0.39, 0.29) is 5.91 Å². The Morgan fingerprint density at radius 2 is 2.50 bits per heavy atom. The number of nitrogens with zero attached hydrogens (tertiary/aromatic N) is 1. The van der Waals surface area contributed by atoms with E-state index in [9.17, 15) is 4.79 Å². The van der Waals surface area contributed by atoms with Gasteiger partial charge in [-0.15, -0.1) is 0 Å². The van der Waals surface area contributed by atoms with Crippen LogP contribution in [0.2, 0.25) is 0 Å². The van der Waals surface area contributed by atoms with Crippen molar-refractivity contribution in [3.8, 4) is 0 Å². The number of nitrogens with one attached hydrogen (secondary N) is 1. The van der Waals surface area contributed by atoms with Crippen LogP contribution in [-0.2, 0) is 4.79 Å². The Hall–Kier alpha value is -1.09. The summed E-state index contributed by atoms with van der Waals surface area (Å²) < 4.78 is 0. The van der Waals surface area contributed by atoms with Gasteiger partial charge in [0.25, 0.3) is 0 Å². The second-order valence-electron chi connectivity index (χ2n) is 3.59. The lowest BCUT2D eigenvalue weighted by Gasteiger charge is -2.21. The van der Waals surface area contributed by atoms with E-state index in [1.165, 1.54) is 5.57 Å². The number of hydrogen-bond donors (Lipinski definition) is 1. The lowest BCUT2D eigenvalue weighted by atomic mass is 10.1. The van der Waals surface area contributed by atoms with Crippen LogP contribution < -0.4 is 5.32 Å². The van der Waals surface area contributed by atoms with E-state index in [0.717, 1.165) is 19.5 Å². The molecule has 1 heterocycles. The molecule has 1 aliphatic rings. The Bertz CT molecular complexity index is 256. The van der Waals surface area contributed by atoms with Gasteiger partial charge in [-0.1, -0.05) is 17.7 Å². The fourth-order valence-electron chi connectivity index (χ4n) is 1.38. The zero-order valence-electron chi connectivity index (χ0n) is 8.92. The van der Waals surface area contributed by atoms with Crippen LogP contribution in [0.25, 0.3) is 0 Å². The third kappa shape index (κ3) is 3.75. The molecule has 78 valence electrons. The summed E-state index contributed by atoms with van der Waals surface area (Å²) in [6.07, 6.45) is 6.56. The van der Waals surface area contributed by atoms with E-state index >= 15 is 0 Å². The van der Waals surface area contributed by atoms with E-state index in [1.54, 1.807) is 12.2 Å². The first-order valence-corrected chi connectivity index (χ1v) is 4.99. The third-order valence-electron chi connectivity index (χ3n) is 2.31. The summed E-state index contributed by atoms with van der Waals surface area (Å²) in [4.78, 5) is 13.4. The fraction of sp³-hybridized carbons (Fsp3) is 0.545. The molecule has 1 rings (SSSR count). The number of rotatable bonds is 3. The first-order chi connectivity index (χ1) is 6.72. The summed E-state index contributed by atoms with van der Waals surface area (Å²) in [5.74, 6) is -0.00710. The molecular weight excluding hydrogens is 176 g/mol. The minimum atomic E-state index is -0.00710. The molecule has 0 atom stereocenters. The quantitative estimate of drug-likeness (QED) is 0.535. The Labute approximate surface area is 85.5 Å². The molecule has 0 fully saturated rings. The molecule has 3 nitrogen and oxygen atoms in total. The molecule has 0 unspecified atom stereocenters. The van der Waals surface area contributed by atoms with Crippen molar-refractivity contribution in [1.82, 2.24) is 10.2 Å². The molecule has 0 saturated carbocycles. The first-order valence-electron chi connectivity index (χ1n) is 4.99. The predicted octanol–water partition coefficient (Wildman–Crippen LogP) is 0.941. The van der Waals surface area contributed by atoms with E-state index in [1.807, 2.05) is 6.92 Å². The number of carbonyl (C=O) groups excluding carboxylic acids is 1. The molecule has 0 aromatic carbocycles. The zero-order valence-corrected chi connectivity index (χ0v) is 8.92. The van der Waals surface area contributed by atoms with Gasteiger partial charge < -0.3 is 10.2 Å². The fourth-order valence-corrected chi connectivity index (χ4v) is 1.38. The van der Waals surface area contributed by atoms with E-state index in [2.05, 4.69) is 23.3 Å². The van der Waals surface area contributed by atoms with Gasteiger partial charge in [-0.2, -0.15) is 0 Å². The molecule has 14 heavy (non-hydrogen) atoms. The Kier molecular flexibility index (Phi) is 4.40. The van der Waals surface area contributed by atoms with Crippen LogP contribution >= 0.6 is 0 Å². The van der Waals surface area contributed by atoms with Crippen molar-refractivity contribution in [2.24, 2.45) is 0 Å². The monoisotopic (exact) mass is 194 g/mol. The molecule has 0 saturated heterocycles. The lowest BCUT2D eigenvalue weighted by molar-refractivity contribution is -0.116. The van der Waals surface area contributed by atoms with Gasteiger partial charge in [0.05, 0.1) is 0 Å². The van der Waals surface area contributed by atoms with E-state index in [4.69, 9.17) is 0 Å². The maximum absolute atomic E-state index is 11.1. The molecule has 1 N–H and O–H groups in total. The molecule has 0 aliphatic carbocycles. The highest BCUT2D eigenvalue weighted by molar-refractivity contribution is 5.87. The lowest BCUT2D eigenvalue weighted by Crippen LogP contribution is -2.29. The molecule has 0 bridgehead atoms. The first kappa shape index (κ1) is 11.0. The molecular formula is C11H18N2O. The van der Waals surface area contributed by atoms with Crippen LogP contribution in [0.1, 0.15) is 13.3 Å². The standard InChI is InChI=1S/C11H18N2O/c1-3-4-11(14)12-9-10-5-7-13(2)8-6-10/h3-5H,6-9H2,1-2H3,(H,12,14)/b4-3+. The molecule has 0 radical (unpaired) electrons. The number of amides is 1. The minimum Gasteiger partial charge on any atom is -0.349 e. The van der Waals surface area contributed by atoms with Crippen LogP contribution in [0.3, 0.4) is 0 Å². The summed E-state index contributed by atoms with van der Waals surface area (Å²) in [6.45, 7) is 4.62. The van der Waals surface area contributed by atoms with Crippen molar-refractivity contribution >= 4 is 5.91 Å².